The molecule has 0 radical (unpaired) electrons. The average Bonchev–Trinajstić information content (AvgIpc) is 2.41. The molecule has 0 amide bonds. The van der Waals surface area contributed by atoms with Gasteiger partial charge >= 0.3 is 5.97 Å². The van der Waals surface area contributed by atoms with Gasteiger partial charge < -0.3 is 14.4 Å². The third-order valence-corrected chi connectivity index (χ3v) is 2.71. The van der Waals surface area contributed by atoms with Crippen molar-refractivity contribution in [1.29, 1.82) is 0 Å². The van der Waals surface area contributed by atoms with E-state index in [1.165, 1.54) is 6.33 Å². The first kappa shape index (κ1) is 16.2. The maximum atomic E-state index is 11.7. The molecular formula is C14H23N3O3. The standard InChI is InChI=1S/C14H23N3O3/c1-5-8-17(9-12(18)19-6-2)13-11(4)14(20-7-3)16-10-15-13/h10H,5-9H2,1-4H3. The van der Waals surface area contributed by atoms with Crippen molar-refractivity contribution in [2.45, 2.75) is 34.1 Å². The van der Waals surface area contributed by atoms with Crippen LogP contribution in [0.5, 0.6) is 5.88 Å². The molecular weight excluding hydrogens is 258 g/mol. The second-order valence-electron chi connectivity index (χ2n) is 4.29. The quantitative estimate of drug-likeness (QED) is 0.679. The Morgan fingerprint density at radius 1 is 1.25 bits per heavy atom. The van der Waals surface area contributed by atoms with E-state index in [2.05, 4.69) is 16.9 Å². The van der Waals surface area contributed by atoms with Crippen LogP contribution in [0.1, 0.15) is 32.8 Å². The van der Waals surface area contributed by atoms with Crippen LogP contribution in [-0.2, 0) is 9.53 Å². The lowest BCUT2D eigenvalue weighted by molar-refractivity contribution is -0.141. The van der Waals surface area contributed by atoms with Crippen LogP contribution >= 0.6 is 0 Å². The number of hydrogen-bond acceptors (Lipinski definition) is 6. The van der Waals surface area contributed by atoms with Gasteiger partial charge in [-0.3, -0.25) is 4.79 Å². The molecule has 0 fully saturated rings. The van der Waals surface area contributed by atoms with Crippen LogP contribution < -0.4 is 9.64 Å². The number of esters is 1. The highest BCUT2D eigenvalue weighted by Gasteiger charge is 2.17. The molecule has 0 aliphatic rings. The van der Waals surface area contributed by atoms with Crippen molar-refractivity contribution in [2.24, 2.45) is 0 Å². The number of anilines is 1. The summed E-state index contributed by atoms with van der Waals surface area (Å²) in [5.74, 6) is 1.03. The van der Waals surface area contributed by atoms with E-state index in [9.17, 15) is 4.79 Å². The lowest BCUT2D eigenvalue weighted by atomic mass is 10.3. The normalized spacial score (nSPS) is 10.2. The van der Waals surface area contributed by atoms with E-state index in [1.807, 2.05) is 18.7 Å². The first-order valence-corrected chi connectivity index (χ1v) is 6.98. The van der Waals surface area contributed by atoms with Gasteiger partial charge in [-0.25, -0.2) is 9.97 Å². The maximum Gasteiger partial charge on any atom is 0.325 e. The molecule has 0 N–H and O–H groups in total. The van der Waals surface area contributed by atoms with Gasteiger partial charge in [0.15, 0.2) is 0 Å². The zero-order valence-electron chi connectivity index (χ0n) is 12.7. The van der Waals surface area contributed by atoms with Crippen LogP contribution in [0.3, 0.4) is 0 Å². The summed E-state index contributed by atoms with van der Waals surface area (Å²) in [7, 11) is 0. The Morgan fingerprint density at radius 3 is 2.60 bits per heavy atom. The molecule has 0 saturated heterocycles. The third-order valence-electron chi connectivity index (χ3n) is 2.71. The first-order valence-electron chi connectivity index (χ1n) is 6.98. The van der Waals surface area contributed by atoms with Crippen LogP contribution in [0.15, 0.2) is 6.33 Å². The van der Waals surface area contributed by atoms with E-state index in [-0.39, 0.29) is 12.5 Å². The Morgan fingerprint density at radius 2 is 2.00 bits per heavy atom. The second-order valence-corrected chi connectivity index (χ2v) is 4.29. The van der Waals surface area contributed by atoms with Gasteiger partial charge in [-0.15, -0.1) is 0 Å². The third kappa shape index (κ3) is 4.36. The van der Waals surface area contributed by atoms with Gasteiger partial charge in [-0.1, -0.05) is 6.92 Å². The van der Waals surface area contributed by atoms with Crippen molar-refractivity contribution >= 4 is 11.8 Å². The van der Waals surface area contributed by atoms with Crippen molar-refractivity contribution in [3.05, 3.63) is 11.9 Å². The zero-order valence-corrected chi connectivity index (χ0v) is 12.7. The van der Waals surface area contributed by atoms with E-state index in [1.54, 1.807) is 6.92 Å². The molecule has 0 aliphatic heterocycles. The number of aromatic nitrogens is 2. The predicted octanol–water partition coefficient (Wildman–Crippen LogP) is 1.96. The highest BCUT2D eigenvalue weighted by atomic mass is 16.5. The second kappa shape index (κ2) is 8.35. The molecule has 1 aromatic rings. The molecule has 0 saturated carbocycles. The molecule has 0 spiro atoms. The van der Waals surface area contributed by atoms with Gasteiger partial charge in [-0.05, 0) is 27.2 Å². The monoisotopic (exact) mass is 281 g/mol. The van der Waals surface area contributed by atoms with Gasteiger partial charge in [-0.2, -0.15) is 0 Å². The Bertz CT molecular complexity index is 438. The minimum absolute atomic E-state index is 0.186. The van der Waals surface area contributed by atoms with Gasteiger partial charge in [0.05, 0.1) is 18.8 Å². The van der Waals surface area contributed by atoms with E-state index >= 15 is 0 Å². The Hall–Kier alpha value is -1.85. The zero-order chi connectivity index (χ0) is 15.0. The molecule has 1 aromatic heterocycles. The van der Waals surface area contributed by atoms with E-state index < -0.39 is 0 Å². The Labute approximate surface area is 120 Å². The number of ether oxygens (including phenoxy) is 2. The summed E-state index contributed by atoms with van der Waals surface area (Å²) in [5.41, 5.74) is 0.840. The van der Waals surface area contributed by atoms with Gasteiger partial charge in [0, 0.05) is 6.54 Å². The van der Waals surface area contributed by atoms with Crippen LogP contribution in [0.25, 0.3) is 0 Å². The molecule has 0 atom stereocenters. The van der Waals surface area contributed by atoms with Gasteiger partial charge in [0.25, 0.3) is 0 Å². The molecule has 1 heterocycles. The number of nitrogens with zero attached hydrogens (tertiary/aromatic N) is 3. The number of carbonyl (C=O) groups is 1. The summed E-state index contributed by atoms with van der Waals surface area (Å²) < 4.78 is 10.5. The first-order chi connectivity index (χ1) is 9.63. The summed E-state index contributed by atoms with van der Waals surface area (Å²) in [6.45, 7) is 9.49. The number of rotatable bonds is 8. The molecule has 0 aliphatic carbocycles. The summed E-state index contributed by atoms with van der Waals surface area (Å²) in [5, 5.41) is 0. The fraction of sp³-hybridized carbons (Fsp3) is 0.643. The Balaban J connectivity index is 2.96. The molecule has 1 rings (SSSR count). The summed E-state index contributed by atoms with van der Waals surface area (Å²) in [6, 6.07) is 0. The van der Waals surface area contributed by atoms with E-state index in [0.717, 1.165) is 24.3 Å². The largest absolute Gasteiger partial charge is 0.478 e. The van der Waals surface area contributed by atoms with Crippen molar-refractivity contribution in [3.63, 3.8) is 0 Å². The number of hydrogen-bond donors (Lipinski definition) is 0. The lowest BCUT2D eigenvalue weighted by Gasteiger charge is -2.24. The highest BCUT2D eigenvalue weighted by Crippen LogP contribution is 2.24. The fourth-order valence-corrected chi connectivity index (χ4v) is 1.92. The van der Waals surface area contributed by atoms with Crippen molar-refractivity contribution in [2.75, 3.05) is 31.2 Å². The molecule has 6 heteroatoms. The summed E-state index contributed by atoms with van der Waals surface area (Å²) in [4.78, 5) is 22.0. The molecule has 0 aromatic carbocycles. The van der Waals surface area contributed by atoms with Crippen LogP contribution in [0.2, 0.25) is 0 Å². The molecule has 112 valence electrons. The van der Waals surface area contributed by atoms with Crippen molar-refractivity contribution < 1.29 is 14.3 Å². The van der Waals surface area contributed by atoms with Crippen LogP contribution in [-0.4, -0.2) is 42.2 Å². The minimum atomic E-state index is -0.253. The Kier molecular flexibility index (Phi) is 6.76. The fourth-order valence-electron chi connectivity index (χ4n) is 1.92. The molecule has 20 heavy (non-hydrogen) atoms. The number of carbonyl (C=O) groups excluding carboxylic acids is 1. The van der Waals surface area contributed by atoms with Crippen molar-refractivity contribution in [3.8, 4) is 5.88 Å². The van der Waals surface area contributed by atoms with E-state index in [4.69, 9.17) is 9.47 Å². The van der Waals surface area contributed by atoms with Crippen LogP contribution in [0.4, 0.5) is 5.82 Å². The molecule has 6 nitrogen and oxygen atoms in total. The smallest absolute Gasteiger partial charge is 0.325 e. The summed E-state index contributed by atoms with van der Waals surface area (Å²) >= 11 is 0. The van der Waals surface area contributed by atoms with Crippen molar-refractivity contribution in [1.82, 2.24) is 9.97 Å². The summed E-state index contributed by atoms with van der Waals surface area (Å²) in [6.07, 6.45) is 2.37. The van der Waals surface area contributed by atoms with Gasteiger partial charge in [0.1, 0.15) is 18.7 Å². The predicted molar refractivity (Wildman–Crippen MR) is 77.1 cm³/mol. The van der Waals surface area contributed by atoms with Crippen LogP contribution in [0, 0.1) is 6.92 Å². The van der Waals surface area contributed by atoms with E-state index in [0.29, 0.717) is 19.1 Å². The maximum absolute atomic E-state index is 11.7. The lowest BCUT2D eigenvalue weighted by Crippen LogP contribution is -2.33. The average molecular weight is 281 g/mol. The van der Waals surface area contributed by atoms with Gasteiger partial charge in [0.2, 0.25) is 5.88 Å². The molecule has 0 bridgehead atoms. The SMILES string of the molecule is CCCN(CC(=O)OCC)c1ncnc(OCC)c1C. The molecule has 0 unspecified atom stereocenters. The minimum Gasteiger partial charge on any atom is -0.478 e. The highest BCUT2D eigenvalue weighted by molar-refractivity contribution is 5.75. The topological polar surface area (TPSA) is 64.6 Å².